The highest BCUT2D eigenvalue weighted by Gasteiger charge is 2.28. The summed E-state index contributed by atoms with van der Waals surface area (Å²) in [5, 5.41) is 8.95. The molecule has 1 aliphatic rings. The fourth-order valence-electron chi connectivity index (χ4n) is 2.39. The first-order valence-electron chi connectivity index (χ1n) is 6.68. The zero-order valence-corrected chi connectivity index (χ0v) is 11.8. The average molecular weight is 280 g/mol. The minimum atomic E-state index is -0.765. The summed E-state index contributed by atoms with van der Waals surface area (Å²) in [6.45, 7) is 1.45. The maximum atomic E-state index is 12.3. The van der Waals surface area contributed by atoms with Crippen LogP contribution in [0.3, 0.4) is 0 Å². The van der Waals surface area contributed by atoms with Crippen LogP contribution in [0.25, 0.3) is 0 Å². The summed E-state index contributed by atoms with van der Waals surface area (Å²) in [5.41, 5.74) is 0. The molecule has 0 spiro atoms. The van der Waals surface area contributed by atoms with E-state index in [1.807, 2.05) is 17.8 Å². The van der Waals surface area contributed by atoms with Crippen LogP contribution in [-0.2, 0) is 18.4 Å². The van der Waals surface area contributed by atoms with Crippen LogP contribution in [0, 0.1) is 5.92 Å². The van der Waals surface area contributed by atoms with E-state index < -0.39 is 5.97 Å². The molecule has 2 rings (SSSR count). The van der Waals surface area contributed by atoms with Crippen LogP contribution in [0.2, 0.25) is 0 Å². The van der Waals surface area contributed by atoms with Crippen molar-refractivity contribution in [1.29, 1.82) is 0 Å². The van der Waals surface area contributed by atoms with Gasteiger partial charge in [0.1, 0.15) is 5.82 Å². The number of aromatic nitrogens is 2. The smallest absolute Gasteiger partial charge is 0.320 e. The van der Waals surface area contributed by atoms with E-state index in [9.17, 15) is 9.59 Å². The molecule has 1 saturated heterocycles. The maximum Gasteiger partial charge on any atom is 0.320 e. The van der Waals surface area contributed by atoms with E-state index in [1.54, 1.807) is 23.0 Å². The Morgan fingerprint density at radius 2 is 2.10 bits per heavy atom. The lowest BCUT2D eigenvalue weighted by Crippen LogP contribution is -2.46. The number of aliphatic carboxylic acids is 1. The number of amides is 2. The molecule has 7 heteroatoms. The number of carbonyl (C=O) groups excluding carboxylic acids is 1. The standard InChI is InChI=1S/C13H20N4O3/c1-15-8-5-14-11(15)9-16(2)13(20)17-6-3-10(4-7-17)12(18)19/h5,8,10H,3-4,6-7,9H2,1-2H3,(H,18,19). The Morgan fingerprint density at radius 3 is 2.60 bits per heavy atom. The Bertz CT molecular complexity index is 492. The summed E-state index contributed by atoms with van der Waals surface area (Å²) in [6, 6.07) is -0.0724. The molecule has 0 radical (unpaired) electrons. The Balaban J connectivity index is 1.88. The minimum Gasteiger partial charge on any atom is -0.481 e. The molecule has 7 nitrogen and oxygen atoms in total. The first kappa shape index (κ1) is 14.4. The molecule has 0 bridgehead atoms. The molecular formula is C13H20N4O3. The number of imidazole rings is 1. The summed E-state index contributed by atoms with van der Waals surface area (Å²) in [4.78, 5) is 30.7. The number of urea groups is 1. The van der Waals surface area contributed by atoms with Gasteiger partial charge in [0.25, 0.3) is 0 Å². The number of rotatable bonds is 3. The van der Waals surface area contributed by atoms with Crippen molar-refractivity contribution in [1.82, 2.24) is 19.4 Å². The minimum absolute atomic E-state index is 0.0724. The van der Waals surface area contributed by atoms with Gasteiger partial charge in [0.2, 0.25) is 0 Å². The van der Waals surface area contributed by atoms with Gasteiger partial charge in [-0.15, -0.1) is 0 Å². The molecule has 1 aromatic rings. The molecule has 0 aliphatic carbocycles. The van der Waals surface area contributed by atoms with Crippen LogP contribution >= 0.6 is 0 Å². The maximum absolute atomic E-state index is 12.3. The molecule has 1 aliphatic heterocycles. The fourth-order valence-corrected chi connectivity index (χ4v) is 2.39. The Labute approximate surface area is 117 Å². The number of carbonyl (C=O) groups is 2. The van der Waals surface area contributed by atoms with Crippen LogP contribution in [0.15, 0.2) is 12.4 Å². The lowest BCUT2D eigenvalue weighted by molar-refractivity contribution is -0.143. The monoisotopic (exact) mass is 280 g/mol. The largest absolute Gasteiger partial charge is 0.481 e. The number of likely N-dealkylation sites (tertiary alicyclic amines) is 1. The molecule has 1 aromatic heterocycles. The highest BCUT2D eigenvalue weighted by Crippen LogP contribution is 2.18. The van der Waals surface area contributed by atoms with E-state index in [0.29, 0.717) is 32.5 Å². The van der Waals surface area contributed by atoms with Crippen molar-refractivity contribution in [2.45, 2.75) is 19.4 Å². The van der Waals surface area contributed by atoms with Crippen molar-refractivity contribution in [2.24, 2.45) is 13.0 Å². The van der Waals surface area contributed by atoms with E-state index in [4.69, 9.17) is 5.11 Å². The van der Waals surface area contributed by atoms with Gasteiger partial charge in [-0.2, -0.15) is 0 Å². The second-order valence-electron chi connectivity index (χ2n) is 5.19. The van der Waals surface area contributed by atoms with Crippen LogP contribution in [0.1, 0.15) is 18.7 Å². The second-order valence-corrected chi connectivity index (χ2v) is 5.19. The Kier molecular flexibility index (Phi) is 4.26. The van der Waals surface area contributed by atoms with Gasteiger partial charge in [-0.3, -0.25) is 4.79 Å². The summed E-state index contributed by atoms with van der Waals surface area (Å²) in [5.74, 6) is -0.265. The van der Waals surface area contributed by atoms with E-state index in [0.717, 1.165) is 5.82 Å². The zero-order chi connectivity index (χ0) is 14.7. The van der Waals surface area contributed by atoms with E-state index >= 15 is 0 Å². The SMILES string of the molecule is CN(Cc1nccn1C)C(=O)N1CCC(C(=O)O)CC1. The zero-order valence-electron chi connectivity index (χ0n) is 11.8. The summed E-state index contributed by atoms with van der Waals surface area (Å²) >= 11 is 0. The van der Waals surface area contributed by atoms with Crippen LogP contribution in [-0.4, -0.2) is 56.6 Å². The van der Waals surface area contributed by atoms with Gasteiger partial charge in [0, 0.05) is 39.6 Å². The van der Waals surface area contributed by atoms with Crippen molar-refractivity contribution in [2.75, 3.05) is 20.1 Å². The van der Waals surface area contributed by atoms with Crippen LogP contribution < -0.4 is 0 Å². The molecule has 0 atom stereocenters. The van der Waals surface area contributed by atoms with Gasteiger partial charge in [-0.05, 0) is 12.8 Å². The molecule has 0 unspecified atom stereocenters. The summed E-state index contributed by atoms with van der Waals surface area (Å²) in [7, 11) is 3.62. The third kappa shape index (κ3) is 3.09. The van der Waals surface area contributed by atoms with E-state index in [1.165, 1.54) is 0 Å². The van der Waals surface area contributed by atoms with Gasteiger partial charge in [-0.25, -0.2) is 9.78 Å². The van der Waals surface area contributed by atoms with Crippen molar-refractivity contribution < 1.29 is 14.7 Å². The molecule has 1 N–H and O–H groups in total. The quantitative estimate of drug-likeness (QED) is 0.887. The van der Waals surface area contributed by atoms with Gasteiger partial charge in [0.05, 0.1) is 12.5 Å². The van der Waals surface area contributed by atoms with Gasteiger partial charge >= 0.3 is 12.0 Å². The van der Waals surface area contributed by atoms with Gasteiger partial charge < -0.3 is 19.5 Å². The lowest BCUT2D eigenvalue weighted by Gasteiger charge is -2.33. The lowest BCUT2D eigenvalue weighted by atomic mass is 9.97. The van der Waals surface area contributed by atoms with Crippen LogP contribution in [0.5, 0.6) is 0 Å². The Morgan fingerprint density at radius 1 is 1.45 bits per heavy atom. The highest BCUT2D eigenvalue weighted by atomic mass is 16.4. The molecule has 20 heavy (non-hydrogen) atoms. The number of nitrogens with zero attached hydrogens (tertiary/aromatic N) is 4. The van der Waals surface area contributed by atoms with E-state index in [2.05, 4.69) is 4.98 Å². The molecule has 110 valence electrons. The molecule has 2 heterocycles. The number of hydrogen-bond donors (Lipinski definition) is 1. The van der Waals surface area contributed by atoms with E-state index in [-0.39, 0.29) is 11.9 Å². The van der Waals surface area contributed by atoms with Crippen molar-refractivity contribution >= 4 is 12.0 Å². The predicted molar refractivity (Wildman–Crippen MR) is 72.0 cm³/mol. The Hall–Kier alpha value is -2.05. The fraction of sp³-hybridized carbons (Fsp3) is 0.615. The third-order valence-electron chi connectivity index (χ3n) is 3.74. The molecule has 1 fully saturated rings. The second kappa shape index (κ2) is 5.94. The third-order valence-corrected chi connectivity index (χ3v) is 3.74. The van der Waals surface area contributed by atoms with Gasteiger partial charge in [-0.1, -0.05) is 0 Å². The normalized spacial score (nSPS) is 16.2. The van der Waals surface area contributed by atoms with Crippen LogP contribution in [0.4, 0.5) is 4.79 Å². The first-order valence-corrected chi connectivity index (χ1v) is 6.68. The number of hydrogen-bond acceptors (Lipinski definition) is 3. The summed E-state index contributed by atoms with van der Waals surface area (Å²) < 4.78 is 1.88. The molecule has 0 aromatic carbocycles. The number of aryl methyl sites for hydroxylation is 1. The molecule has 2 amide bonds. The van der Waals surface area contributed by atoms with Crippen molar-refractivity contribution in [3.05, 3.63) is 18.2 Å². The number of carboxylic acids is 1. The predicted octanol–water partition coefficient (Wildman–Crippen LogP) is 0.768. The van der Waals surface area contributed by atoms with Gasteiger partial charge in [0.15, 0.2) is 0 Å². The van der Waals surface area contributed by atoms with Crippen molar-refractivity contribution in [3.8, 4) is 0 Å². The number of piperidine rings is 1. The highest BCUT2D eigenvalue weighted by molar-refractivity contribution is 5.75. The van der Waals surface area contributed by atoms with Crippen molar-refractivity contribution in [3.63, 3.8) is 0 Å². The average Bonchev–Trinajstić information content (AvgIpc) is 2.83. The number of carboxylic acid groups (broad SMARTS) is 1. The molecular weight excluding hydrogens is 260 g/mol. The molecule has 0 saturated carbocycles. The topological polar surface area (TPSA) is 78.7 Å². The first-order chi connectivity index (χ1) is 9.49. The summed E-state index contributed by atoms with van der Waals surface area (Å²) in [6.07, 6.45) is 4.59.